The standard InChI is InChI=1S/C12H23NO/c1-5-8-9-10-11(13)12(6-2,7-3)14-4/h11H,6-7,9-10,13H2,1-4H3. The van der Waals surface area contributed by atoms with Crippen LogP contribution in [0.2, 0.25) is 0 Å². The van der Waals surface area contributed by atoms with Crippen LogP contribution in [0.15, 0.2) is 0 Å². The van der Waals surface area contributed by atoms with Crippen LogP contribution in [0.4, 0.5) is 0 Å². The summed E-state index contributed by atoms with van der Waals surface area (Å²) in [5, 5.41) is 0. The number of hydrogen-bond donors (Lipinski definition) is 1. The fraction of sp³-hybridized carbons (Fsp3) is 0.833. The van der Waals surface area contributed by atoms with Crippen LogP contribution in [0.3, 0.4) is 0 Å². The van der Waals surface area contributed by atoms with E-state index in [-0.39, 0.29) is 11.6 Å². The molecule has 82 valence electrons. The minimum Gasteiger partial charge on any atom is -0.377 e. The molecule has 0 aliphatic rings. The third kappa shape index (κ3) is 3.32. The summed E-state index contributed by atoms with van der Waals surface area (Å²) >= 11 is 0. The predicted octanol–water partition coefficient (Wildman–Crippen LogP) is 2.32. The summed E-state index contributed by atoms with van der Waals surface area (Å²) in [6, 6.07) is 0.0864. The van der Waals surface area contributed by atoms with Crippen LogP contribution in [-0.2, 0) is 4.74 Å². The molecule has 0 spiro atoms. The van der Waals surface area contributed by atoms with Crippen molar-refractivity contribution in [3.8, 4) is 11.8 Å². The monoisotopic (exact) mass is 197 g/mol. The van der Waals surface area contributed by atoms with Gasteiger partial charge in [0.2, 0.25) is 0 Å². The van der Waals surface area contributed by atoms with Crippen LogP contribution in [0.5, 0.6) is 0 Å². The van der Waals surface area contributed by atoms with Crippen molar-refractivity contribution in [3.63, 3.8) is 0 Å². The van der Waals surface area contributed by atoms with E-state index in [1.807, 2.05) is 6.92 Å². The van der Waals surface area contributed by atoms with Gasteiger partial charge in [0.1, 0.15) is 0 Å². The lowest BCUT2D eigenvalue weighted by Gasteiger charge is -2.36. The summed E-state index contributed by atoms with van der Waals surface area (Å²) in [7, 11) is 1.75. The molecule has 0 saturated carbocycles. The molecule has 0 heterocycles. The fourth-order valence-corrected chi connectivity index (χ4v) is 1.83. The minimum absolute atomic E-state index is 0.0864. The number of ether oxygens (including phenoxy) is 1. The van der Waals surface area contributed by atoms with E-state index in [0.29, 0.717) is 0 Å². The number of hydrogen-bond acceptors (Lipinski definition) is 2. The molecule has 0 bridgehead atoms. The normalized spacial score (nSPS) is 13.2. The lowest BCUT2D eigenvalue weighted by atomic mass is 9.86. The molecule has 0 aliphatic carbocycles. The third-order valence-corrected chi connectivity index (χ3v) is 3.04. The van der Waals surface area contributed by atoms with Crippen molar-refractivity contribution in [3.05, 3.63) is 0 Å². The van der Waals surface area contributed by atoms with Gasteiger partial charge in [0, 0.05) is 19.6 Å². The predicted molar refractivity (Wildman–Crippen MR) is 61.0 cm³/mol. The van der Waals surface area contributed by atoms with Gasteiger partial charge < -0.3 is 10.5 Å². The number of methoxy groups -OCH3 is 1. The second-order valence-electron chi connectivity index (χ2n) is 3.55. The molecule has 1 atom stereocenters. The lowest BCUT2D eigenvalue weighted by Crippen LogP contribution is -2.48. The first-order chi connectivity index (χ1) is 6.66. The zero-order valence-electron chi connectivity index (χ0n) is 9.89. The van der Waals surface area contributed by atoms with Gasteiger partial charge in [0.05, 0.1) is 5.60 Å². The average molecular weight is 197 g/mol. The van der Waals surface area contributed by atoms with E-state index in [1.54, 1.807) is 7.11 Å². The second-order valence-corrected chi connectivity index (χ2v) is 3.55. The first-order valence-electron chi connectivity index (χ1n) is 5.37. The van der Waals surface area contributed by atoms with E-state index in [0.717, 1.165) is 25.7 Å². The van der Waals surface area contributed by atoms with E-state index in [2.05, 4.69) is 25.7 Å². The Morgan fingerprint density at radius 2 is 1.93 bits per heavy atom. The van der Waals surface area contributed by atoms with Crippen molar-refractivity contribution < 1.29 is 4.74 Å². The Hall–Kier alpha value is -0.520. The molecule has 0 fully saturated rings. The topological polar surface area (TPSA) is 35.2 Å². The van der Waals surface area contributed by atoms with Gasteiger partial charge in [-0.1, -0.05) is 13.8 Å². The second kappa shape index (κ2) is 6.86. The zero-order valence-corrected chi connectivity index (χ0v) is 9.89. The van der Waals surface area contributed by atoms with Gasteiger partial charge in [-0.2, -0.15) is 0 Å². The summed E-state index contributed by atoms with van der Waals surface area (Å²) in [6.45, 7) is 6.10. The summed E-state index contributed by atoms with van der Waals surface area (Å²) in [4.78, 5) is 0. The van der Waals surface area contributed by atoms with E-state index in [1.165, 1.54) is 0 Å². The first-order valence-corrected chi connectivity index (χ1v) is 5.37. The molecule has 0 amide bonds. The van der Waals surface area contributed by atoms with Crippen LogP contribution < -0.4 is 5.73 Å². The van der Waals surface area contributed by atoms with E-state index < -0.39 is 0 Å². The Kier molecular flexibility index (Phi) is 6.61. The molecule has 2 heteroatoms. The summed E-state index contributed by atoms with van der Waals surface area (Å²) < 4.78 is 5.56. The van der Waals surface area contributed by atoms with Gasteiger partial charge in [-0.15, -0.1) is 11.8 Å². The number of nitrogens with two attached hydrogens (primary N) is 1. The van der Waals surface area contributed by atoms with Crippen LogP contribution in [0.25, 0.3) is 0 Å². The molecule has 0 aliphatic heterocycles. The maximum Gasteiger partial charge on any atom is 0.0823 e. The molecule has 14 heavy (non-hydrogen) atoms. The van der Waals surface area contributed by atoms with Crippen molar-refractivity contribution in [2.75, 3.05) is 7.11 Å². The molecule has 2 N–H and O–H groups in total. The smallest absolute Gasteiger partial charge is 0.0823 e. The van der Waals surface area contributed by atoms with E-state index in [4.69, 9.17) is 10.5 Å². The molecule has 0 rings (SSSR count). The molecule has 0 radical (unpaired) electrons. The van der Waals surface area contributed by atoms with Crippen LogP contribution >= 0.6 is 0 Å². The molecule has 0 aromatic heterocycles. The van der Waals surface area contributed by atoms with Crippen molar-refractivity contribution in [1.82, 2.24) is 0 Å². The van der Waals surface area contributed by atoms with Gasteiger partial charge in [-0.25, -0.2) is 0 Å². The van der Waals surface area contributed by atoms with Crippen LogP contribution in [0, 0.1) is 11.8 Å². The lowest BCUT2D eigenvalue weighted by molar-refractivity contribution is -0.0390. The van der Waals surface area contributed by atoms with Crippen molar-refractivity contribution in [2.24, 2.45) is 5.73 Å². The Labute approximate surface area is 88.2 Å². The minimum atomic E-state index is -0.157. The van der Waals surface area contributed by atoms with Crippen LogP contribution in [-0.4, -0.2) is 18.8 Å². The van der Waals surface area contributed by atoms with Gasteiger partial charge in [-0.3, -0.25) is 0 Å². The molecular formula is C12H23NO. The highest BCUT2D eigenvalue weighted by molar-refractivity contribution is 4.98. The molecule has 1 unspecified atom stereocenters. The number of rotatable bonds is 6. The highest BCUT2D eigenvalue weighted by Crippen LogP contribution is 2.25. The molecular weight excluding hydrogens is 174 g/mol. The highest BCUT2D eigenvalue weighted by Gasteiger charge is 2.32. The van der Waals surface area contributed by atoms with E-state index >= 15 is 0 Å². The maximum atomic E-state index is 6.13. The van der Waals surface area contributed by atoms with Gasteiger partial charge >= 0.3 is 0 Å². The maximum absolute atomic E-state index is 6.13. The summed E-state index contributed by atoms with van der Waals surface area (Å²) in [5.74, 6) is 5.92. The molecule has 0 saturated heterocycles. The quantitative estimate of drug-likeness (QED) is 0.663. The zero-order chi connectivity index (χ0) is 11.0. The van der Waals surface area contributed by atoms with Crippen molar-refractivity contribution in [1.29, 1.82) is 0 Å². The Morgan fingerprint density at radius 1 is 1.36 bits per heavy atom. The largest absolute Gasteiger partial charge is 0.377 e. The van der Waals surface area contributed by atoms with Crippen LogP contribution in [0.1, 0.15) is 46.5 Å². The van der Waals surface area contributed by atoms with Gasteiger partial charge in [0.25, 0.3) is 0 Å². The molecule has 0 aromatic carbocycles. The van der Waals surface area contributed by atoms with Crippen molar-refractivity contribution in [2.45, 2.75) is 58.1 Å². The van der Waals surface area contributed by atoms with Gasteiger partial charge in [0.15, 0.2) is 0 Å². The highest BCUT2D eigenvalue weighted by atomic mass is 16.5. The third-order valence-electron chi connectivity index (χ3n) is 3.04. The van der Waals surface area contributed by atoms with E-state index in [9.17, 15) is 0 Å². The molecule has 2 nitrogen and oxygen atoms in total. The summed E-state index contributed by atoms with van der Waals surface area (Å²) in [5.41, 5.74) is 5.98. The van der Waals surface area contributed by atoms with Crippen molar-refractivity contribution >= 4 is 0 Å². The van der Waals surface area contributed by atoms with Gasteiger partial charge in [-0.05, 0) is 26.2 Å². The fourth-order valence-electron chi connectivity index (χ4n) is 1.83. The Bertz CT molecular complexity index is 190. The Balaban J connectivity index is 4.25. The molecule has 0 aromatic rings. The summed E-state index contributed by atoms with van der Waals surface area (Å²) in [6.07, 6.45) is 3.70. The first kappa shape index (κ1) is 13.5. The Morgan fingerprint density at radius 3 is 2.29 bits per heavy atom. The SMILES string of the molecule is CC#CCCC(N)C(CC)(CC)OC. The average Bonchev–Trinajstić information content (AvgIpc) is 2.22.